The van der Waals surface area contributed by atoms with E-state index in [1.807, 2.05) is 6.07 Å². The Labute approximate surface area is 109 Å². The van der Waals surface area contributed by atoms with Crippen LogP contribution in [0, 0.1) is 12.3 Å². The van der Waals surface area contributed by atoms with Crippen LogP contribution in [0.25, 0.3) is 10.2 Å². The third kappa shape index (κ3) is 2.51. The highest BCUT2D eigenvalue weighted by atomic mass is 35.5. The standard InChI is InChI=1S/C12H11ClN2OS/c1-4-7(3)16-10-9-6-8(5-2)17-11(9)15-12(13)14-10/h1,6-7H,5H2,2-3H3. The lowest BCUT2D eigenvalue weighted by atomic mass is 10.3. The van der Waals surface area contributed by atoms with E-state index in [0.717, 1.165) is 16.6 Å². The summed E-state index contributed by atoms with van der Waals surface area (Å²) >= 11 is 7.45. The lowest BCUT2D eigenvalue weighted by Crippen LogP contribution is -2.09. The highest BCUT2D eigenvalue weighted by Crippen LogP contribution is 2.32. The molecule has 1 unspecified atom stereocenters. The van der Waals surface area contributed by atoms with Crippen LogP contribution >= 0.6 is 22.9 Å². The summed E-state index contributed by atoms with van der Waals surface area (Å²) in [6, 6.07) is 2.02. The monoisotopic (exact) mass is 266 g/mol. The number of nitrogens with zero attached hydrogens (tertiary/aromatic N) is 2. The normalized spacial score (nSPS) is 12.4. The van der Waals surface area contributed by atoms with E-state index in [1.54, 1.807) is 18.3 Å². The van der Waals surface area contributed by atoms with Crippen LogP contribution in [-0.4, -0.2) is 16.1 Å². The Balaban J connectivity index is 2.53. The molecule has 88 valence electrons. The van der Waals surface area contributed by atoms with Gasteiger partial charge in [0.2, 0.25) is 11.2 Å². The molecule has 17 heavy (non-hydrogen) atoms. The molecule has 5 heteroatoms. The van der Waals surface area contributed by atoms with Crippen LogP contribution < -0.4 is 4.74 Å². The van der Waals surface area contributed by atoms with Gasteiger partial charge >= 0.3 is 0 Å². The van der Waals surface area contributed by atoms with Gasteiger partial charge in [-0.05, 0) is 31.0 Å². The first-order chi connectivity index (χ1) is 8.13. The molecule has 0 aliphatic heterocycles. The molecule has 0 saturated carbocycles. The van der Waals surface area contributed by atoms with Crippen LogP contribution in [-0.2, 0) is 6.42 Å². The maximum Gasteiger partial charge on any atom is 0.227 e. The fourth-order valence-electron chi connectivity index (χ4n) is 1.39. The Bertz CT molecular complexity index is 588. The average Bonchev–Trinajstić information content (AvgIpc) is 2.71. The fraction of sp³-hybridized carbons (Fsp3) is 0.333. The zero-order valence-corrected chi connectivity index (χ0v) is 11.1. The summed E-state index contributed by atoms with van der Waals surface area (Å²) in [5, 5.41) is 1.06. The molecule has 2 aromatic heterocycles. The van der Waals surface area contributed by atoms with Crippen LogP contribution in [0.4, 0.5) is 0 Å². The summed E-state index contributed by atoms with van der Waals surface area (Å²) in [7, 11) is 0. The lowest BCUT2D eigenvalue weighted by Gasteiger charge is -2.08. The van der Waals surface area contributed by atoms with Gasteiger partial charge in [-0.15, -0.1) is 17.8 Å². The van der Waals surface area contributed by atoms with Crippen molar-refractivity contribution in [3.63, 3.8) is 0 Å². The predicted molar refractivity (Wildman–Crippen MR) is 70.7 cm³/mol. The molecule has 2 heterocycles. The SMILES string of the molecule is C#CC(C)Oc1nc(Cl)nc2sc(CC)cc12. The Morgan fingerprint density at radius 1 is 1.59 bits per heavy atom. The van der Waals surface area contributed by atoms with Crippen molar-refractivity contribution in [2.45, 2.75) is 26.4 Å². The lowest BCUT2D eigenvalue weighted by molar-refractivity contribution is 0.271. The van der Waals surface area contributed by atoms with Crippen LogP contribution in [0.2, 0.25) is 5.28 Å². The molecule has 0 aromatic carbocycles. The van der Waals surface area contributed by atoms with Gasteiger partial charge in [0.05, 0.1) is 5.39 Å². The maximum atomic E-state index is 5.86. The topological polar surface area (TPSA) is 35.0 Å². The quantitative estimate of drug-likeness (QED) is 0.632. The molecular formula is C12H11ClN2OS. The summed E-state index contributed by atoms with van der Waals surface area (Å²) in [6.45, 7) is 3.87. The van der Waals surface area contributed by atoms with Gasteiger partial charge in [0.15, 0.2) is 6.10 Å². The fourth-order valence-corrected chi connectivity index (χ4v) is 2.56. The van der Waals surface area contributed by atoms with E-state index in [-0.39, 0.29) is 11.4 Å². The number of rotatable bonds is 3. The number of ether oxygens (including phenoxy) is 1. The van der Waals surface area contributed by atoms with E-state index in [2.05, 4.69) is 22.8 Å². The first-order valence-corrected chi connectivity index (χ1v) is 6.42. The minimum atomic E-state index is -0.339. The molecule has 0 radical (unpaired) electrons. The number of fused-ring (bicyclic) bond motifs is 1. The van der Waals surface area contributed by atoms with Gasteiger partial charge < -0.3 is 4.74 Å². The first-order valence-electron chi connectivity index (χ1n) is 5.22. The summed E-state index contributed by atoms with van der Waals surface area (Å²) in [4.78, 5) is 10.3. The van der Waals surface area contributed by atoms with Crippen LogP contribution in [0.5, 0.6) is 5.88 Å². The molecule has 0 N–H and O–H groups in total. The Hall–Kier alpha value is -1.31. The zero-order valence-electron chi connectivity index (χ0n) is 9.53. The van der Waals surface area contributed by atoms with Gasteiger partial charge in [-0.25, -0.2) is 4.98 Å². The molecule has 0 fully saturated rings. The highest BCUT2D eigenvalue weighted by Gasteiger charge is 2.13. The van der Waals surface area contributed by atoms with E-state index in [0.29, 0.717) is 5.88 Å². The minimum absolute atomic E-state index is 0.182. The second kappa shape index (κ2) is 4.91. The van der Waals surface area contributed by atoms with Crippen molar-refractivity contribution < 1.29 is 4.74 Å². The third-order valence-corrected chi connectivity index (χ3v) is 3.60. The van der Waals surface area contributed by atoms with Crippen LogP contribution in [0.3, 0.4) is 0 Å². The zero-order chi connectivity index (χ0) is 12.4. The van der Waals surface area contributed by atoms with Gasteiger partial charge in [-0.3, -0.25) is 0 Å². The Morgan fingerprint density at radius 2 is 2.35 bits per heavy atom. The van der Waals surface area contributed by atoms with Crippen molar-refractivity contribution >= 4 is 33.2 Å². The van der Waals surface area contributed by atoms with Gasteiger partial charge in [-0.1, -0.05) is 12.8 Å². The van der Waals surface area contributed by atoms with E-state index in [4.69, 9.17) is 22.8 Å². The van der Waals surface area contributed by atoms with Crippen molar-refractivity contribution in [1.29, 1.82) is 0 Å². The summed E-state index contributed by atoms with van der Waals surface area (Å²) in [5.41, 5.74) is 0. The molecule has 3 nitrogen and oxygen atoms in total. The smallest absolute Gasteiger partial charge is 0.227 e. The molecule has 2 aromatic rings. The number of aryl methyl sites for hydroxylation is 1. The van der Waals surface area contributed by atoms with Gasteiger partial charge in [0.25, 0.3) is 0 Å². The van der Waals surface area contributed by atoms with E-state index < -0.39 is 0 Å². The maximum absolute atomic E-state index is 5.86. The van der Waals surface area contributed by atoms with Gasteiger partial charge in [0, 0.05) is 4.88 Å². The van der Waals surface area contributed by atoms with Crippen molar-refractivity contribution in [3.8, 4) is 18.2 Å². The van der Waals surface area contributed by atoms with Crippen molar-refractivity contribution in [1.82, 2.24) is 9.97 Å². The van der Waals surface area contributed by atoms with Crippen LogP contribution in [0.15, 0.2) is 6.07 Å². The molecule has 0 aliphatic carbocycles. The molecule has 1 atom stereocenters. The molecule has 0 spiro atoms. The molecule has 0 bridgehead atoms. The number of hydrogen-bond acceptors (Lipinski definition) is 4. The summed E-state index contributed by atoms with van der Waals surface area (Å²) < 4.78 is 5.55. The van der Waals surface area contributed by atoms with E-state index in [9.17, 15) is 0 Å². The number of halogens is 1. The second-order valence-electron chi connectivity index (χ2n) is 3.51. The van der Waals surface area contributed by atoms with Crippen molar-refractivity contribution in [2.24, 2.45) is 0 Å². The Morgan fingerprint density at radius 3 is 3.00 bits per heavy atom. The first kappa shape index (κ1) is 12.2. The largest absolute Gasteiger partial charge is 0.461 e. The predicted octanol–water partition coefficient (Wildman–Crippen LogP) is 3.31. The van der Waals surface area contributed by atoms with Gasteiger partial charge in [0.1, 0.15) is 4.83 Å². The number of aromatic nitrogens is 2. The number of hydrogen-bond donors (Lipinski definition) is 0. The molecule has 0 aliphatic rings. The number of thiophene rings is 1. The summed E-state index contributed by atoms with van der Waals surface area (Å²) in [6.07, 6.45) is 5.89. The van der Waals surface area contributed by atoms with Crippen molar-refractivity contribution in [3.05, 3.63) is 16.2 Å². The van der Waals surface area contributed by atoms with Gasteiger partial charge in [-0.2, -0.15) is 4.98 Å². The highest BCUT2D eigenvalue weighted by molar-refractivity contribution is 7.18. The third-order valence-electron chi connectivity index (χ3n) is 2.25. The molecule has 0 saturated heterocycles. The van der Waals surface area contributed by atoms with E-state index >= 15 is 0 Å². The minimum Gasteiger partial charge on any atom is -0.461 e. The number of terminal acetylenes is 1. The molecular weight excluding hydrogens is 256 g/mol. The summed E-state index contributed by atoms with van der Waals surface area (Å²) in [5.74, 6) is 2.96. The van der Waals surface area contributed by atoms with Crippen LogP contribution in [0.1, 0.15) is 18.7 Å². The second-order valence-corrected chi connectivity index (χ2v) is 4.96. The average molecular weight is 267 g/mol. The van der Waals surface area contributed by atoms with Crippen molar-refractivity contribution in [2.75, 3.05) is 0 Å². The van der Waals surface area contributed by atoms with E-state index in [1.165, 1.54) is 4.88 Å². The Kier molecular flexibility index (Phi) is 3.51. The molecule has 2 rings (SSSR count). The molecule has 0 amide bonds.